The number of thioether (sulfide) groups is 1. The number of nitrogens with one attached hydrogen (secondary N) is 1. The van der Waals surface area contributed by atoms with Crippen molar-refractivity contribution < 1.29 is 9.32 Å². The molecule has 0 bridgehead atoms. The third-order valence-electron chi connectivity index (χ3n) is 3.71. The van der Waals surface area contributed by atoms with Crippen molar-refractivity contribution >= 4 is 17.7 Å². The predicted molar refractivity (Wildman–Crippen MR) is 92.9 cm³/mol. The quantitative estimate of drug-likeness (QED) is 0.790. The fourth-order valence-corrected chi connectivity index (χ4v) is 3.41. The summed E-state index contributed by atoms with van der Waals surface area (Å²) in [6, 6.07) is 7.73. The lowest BCUT2D eigenvalue weighted by Crippen LogP contribution is -2.33. The molecule has 0 aliphatic carbocycles. The first-order valence-corrected chi connectivity index (χ1v) is 8.56. The zero-order chi connectivity index (χ0) is 16.8. The second kappa shape index (κ2) is 8.17. The van der Waals surface area contributed by atoms with Gasteiger partial charge in [0.25, 0.3) is 5.91 Å². The van der Waals surface area contributed by atoms with Gasteiger partial charge in [0.15, 0.2) is 0 Å². The molecule has 2 aromatic rings. The van der Waals surface area contributed by atoms with Gasteiger partial charge in [-0.3, -0.25) is 4.79 Å². The first kappa shape index (κ1) is 17.6. The van der Waals surface area contributed by atoms with Crippen molar-refractivity contribution in [2.75, 3.05) is 27.2 Å². The van der Waals surface area contributed by atoms with Crippen LogP contribution in [0.5, 0.6) is 0 Å². The van der Waals surface area contributed by atoms with Crippen molar-refractivity contribution in [2.45, 2.75) is 24.5 Å². The van der Waals surface area contributed by atoms with E-state index in [0.29, 0.717) is 6.54 Å². The van der Waals surface area contributed by atoms with Gasteiger partial charge in [-0.25, -0.2) is 0 Å². The van der Waals surface area contributed by atoms with Crippen LogP contribution in [0.1, 0.15) is 27.4 Å². The van der Waals surface area contributed by atoms with E-state index in [0.717, 1.165) is 39.8 Å². The molecule has 1 amide bonds. The molecule has 1 aromatic heterocycles. The number of benzene rings is 1. The Morgan fingerprint density at radius 3 is 2.74 bits per heavy atom. The van der Waals surface area contributed by atoms with Crippen molar-refractivity contribution in [3.05, 3.63) is 46.8 Å². The van der Waals surface area contributed by atoms with E-state index in [1.165, 1.54) is 0 Å². The van der Waals surface area contributed by atoms with Gasteiger partial charge in [-0.1, -0.05) is 17.3 Å². The van der Waals surface area contributed by atoms with E-state index < -0.39 is 0 Å². The van der Waals surface area contributed by atoms with E-state index in [9.17, 15) is 4.79 Å². The van der Waals surface area contributed by atoms with E-state index in [1.54, 1.807) is 16.7 Å². The average Bonchev–Trinajstić information content (AvgIpc) is 2.88. The third-order valence-corrected chi connectivity index (χ3v) is 4.81. The lowest BCUT2D eigenvalue weighted by Gasteiger charge is -2.18. The zero-order valence-electron chi connectivity index (χ0n) is 14.0. The Morgan fingerprint density at radius 1 is 1.35 bits per heavy atom. The maximum Gasteiger partial charge on any atom is 0.254 e. The summed E-state index contributed by atoms with van der Waals surface area (Å²) in [5.41, 5.74) is 2.74. The number of aryl methyl sites for hydroxylation is 2. The molecule has 0 aliphatic heterocycles. The van der Waals surface area contributed by atoms with Crippen molar-refractivity contribution in [2.24, 2.45) is 0 Å². The van der Waals surface area contributed by atoms with Crippen LogP contribution in [-0.2, 0) is 5.75 Å². The fraction of sp³-hybridized carbons (Fsp3) is 0.412. The number of hydrogen-bond acceptors (Lipinski definition) is 5. The summed E-state index contributed by atoms with van der Waals surface area (Å²) in [6.07, 6.45) is 0. The van der Waals surface area contributed by atoms with E-state index in [1.807, 2.05) is 52.2 Å². The molecule has 2 rings (SSSR count). The normalized spacial score (nSPS) is 10.8. The van der Waals surface area contributed by atoms with Gasteiger partial charge in [-0.05, 0) is 33.0 Å². The van der Waals surface area contributed by atoms with Crippen molar-refractivity contribution in [1.82, 2.24) is 15.4 Å². The van der Waals surface area contributed by atoms with E-state index in [-0.39, 0.29) is 5.91 Å². The molecule has 0 spiro atoms. The van der Waals surface area contributed by atoms with Crippen LogP contribution in [0.3, 0.4) is 0 Å². The average molecular weight is 333 g/mol. The first-order chi connectivity index (χ1) is 11.0. The van der Waals surface area contributed by atoms with Crippen LogP contribution < -0.4 is 5.32 Å². The summed E-state index contributed by atoms with van der Waals surface area (Å²) in [7, 11) is 3.71. The topological polar surface area (TPSA) is 58.4 Å². The Balaban J connectivity index is 2.13. The zero-order valence-corrected chi connectivity index (χ0v) is 14.9. The number of likely N-dealkylation sites (N-methyl/N-ethyl adjacent to an activating group) is 2. The predicted octanol–water partition coefficient (Wildman–Crippen LogP) is 2.88. The third kappa shape index (κ3) is 4.36. The molecule has 6 heteroatoms. The maximum atomic E-state index is 12.6. The van der Waals surface area contributed by atoms with Crippen LogP contribution in [-0.4, -0.2) is 43.1 Å². The second-order valence-corrected chi connectivity index (χ2v) is 6.43. The van der Waals surface area contributed by atoms with Crippen LogP contribution in [0.25, 0.3) is 0 Å². The summed E-state index contributed by atoms with van der Waals surface area (Å²) >= 11 is 1.64. The molecule has 0 saturated carbocycles. The SMILES string of the molecule is CNCCN(C)C(=O)c1ccccc1SCc1c(C)noc1C. The molecule has 0 radical (unpaired) electrons. The lowest BCUT2D eigenvalue weighted by atomic mass is 10.2. The molecule has 0 fully saturated rings. The number of aromatic nitrogens is 1. The highest BCUT2D eigenvalue weighted by Crippen LogP contribution is 2.29. The standard InChI is InChI=1S/C17H23N3O2S/c1-12-15(13(2)22-19-12)11-23-16-8-6-5-7-14(16)17(21)20(4)10-9-18-3/h5-8,18H,9-11H2,1-4H3. The van der Waals surface area contributed by atoms with Crippen LogP contribution in [0, 0.1) is 13.8 Å². The Kier molecular flexibility index (Phi) is 6.24. The minimum absolute atomic E-state index is 0.0436. The minimum atomic E-state index is 0.0436. The number of carbonyl (C=O) groups is 1. The van der Waals surface area contributed by atoms with Gasteiger partial charge >= 0.3 is 0 Å². The Hall–Kier alpha value is -1.79. The second-order valence-electron chi connectivity index (χ2n) is 5.42. The molecule has 1 aromatic carbocycles. The smallest absolute Gasteiger partial charge is 0.254 e. The molecule has 5 nitrogen and oxygen atoms in total. The van der Waals surface area contributed by atoms with Gasteiger partial charge in [0.05, 0.1) is 11.3 Å². The van der Waals surface area contributed by atoms with Crippen LogP contribution >= 0.6 is 11.8 Å². The molecule has 0 aliphatic rings. The summed E-state index contributed by atoms with van der Waals surface area (Å²) < 4.78 is 5.20. The van der Waals surface area contributed by atoms with E-state index in [4.69, 9.17) is 4.52 Å². The lowest BCUT2D eigenvalue weighted by molar-refractivity contribution is 0.0793. The van der Waals surface area contributed by atoms with Gasteiger partial charge in [0.2, 0.25) is 0 Å². The van der Waals surface area contributed by atoms with Gasteiger partial charge in [-0.2, -0.15) is 0 Å². The minimum Gasteiger partial charge on any atom is -0.361 e. The van der Waals surface area contributed by atoms with Gasteiger partial charge in [-0.15, -0.1) is 11.8 Å². The van der Waals surface area contributed by atoms with E-state index >= 15 is 0 Å². The Morgan fingerprint density at radius 2 is 2.09 bits per heavy atom. The number of amides is 1. The molecule has 0 atom stereocenters. The molecule has 124 valence electrons. The van der Waals surface area contributed by atoms with Gasteiger partial charge in [0.1, 0.15) is 5.76 Å². The van der Waals surface area contributed by atoms with Gasteiger partial charge < -0.3 is 14.7 Å². The molecular formula is C17H23N3O2S. The molecular weight excluding hydrogens is 310 g/mol. The molecule has 23 heavy (non-hydrogen) atoms. The highest BCUT2D eigenvalue weighted by Gasteiger charge is 2.17. The number of rotatable bonds is 7. The number of nitrogens with zero attached hydrogens (tertiary/aromatic N) is 2. The highest BCUT2D eigenvalue weighted by atomic mass is 32.2. The maximum absolute atomic E-state index is 12.6. The number of hydrogen-bond donors (Lipinski definition) is 1. The van der Waals surface area contributed by atoms with Crippen LogP contribution in [0.4, 0.5) is 0 Å². The molecule has 0 saturated heterocycles. The van der Waals surface area contributed by atoms with Crippen LogP contribution in [0.2, 0.25) is 0 Å². The van der Waals surface area contributed by atoms with Crippen molar-refractivity contribution in [3.63, 3.8) is 0 Å². The first-order valence-electron chi connectivity index (χ1n) is 7.58. The monoisotopic (exact) mass is 333 g/mol. The molecule has 1 N–H and O–H groups in total. The largest absolute Gasteiger partial charge is 0.361 e. The Labute approximate surface area is 141 Å². The summed E-state index contributed by atoms with van der Waals surface area (Å²) in [5.74, 6) is 1.62. The van der Waals surface area contributed by atoms with Crippen molar-refractivity contribution in [3.8, 4) is 0 Å². The fourth-order valence-electron chi connectivity index (χ4n) is 2.21. The summed E-state index contributed by atoms with van der Waals surface area (Å²) in [4.78, 5) is 15.3. The number of carbonyl (C=O) groups excluding carboxylic acids is 1. The van der Waals surface area contributed by atoms with Crippen molar-refractivity contribution in [1.29, 1.82) is 0 Å². The van der Waals surface area contributed by atoms with Gasteiger partial charge in [0, 0.05) is 36.3 Å². The molecule has 0 unspecified atom stereocenters. The van der Waals surface area contributed by atoms with E-state index in [2.05, 4.69) is 10.5 Å². The summed E-state index contributed by atoms with van der Waals surface area (Å²) in [5, 5.41) is 7.04. The highest BCUT2D eigenvalue weighted by molar-refractivity contribution is 7.98. The molecule has 1 heterocycles. The summed E-state index contributed by atoms with van der Waals surface area (Å²) in [6.45, 7) is 5.31. The Bertz CT molecular complexity index is 650. The van der Waals surface area contributed by atoms with Crippen LogP contribution in [0.15, 0.2) is 33.7 Å².